The summed E-state index contributed by atoms with van der Waals surface area (Å²) in [5, 5.41) is 3.12. The lowest BCUT2D eigenvalue weighted by molar-refractivity contribution is -0.120. The van der Waals surface area contributed by atoms with Crippen molar-refractivity contribution >= 4 is 44.8 Å². The third-order valence-corrected chi connectivity index (χ3v) is 5.29. The molecule has 9 heteroatoms. The zero-order valence-corrected chi connectivity index (χ0v) is 16.4. The van der Waals surface area contributed by atoms with E-state index in [9.17, 15) is 17.6 Å². The zero-order chi connectivity index (χ0) is 19.5. The zero-order valence-electron chi connectivity index (χ0n) is 14.0. The van der Waals surface area contributed by atoms with Gasteiger partial charge in [0.1, 0.15) is 12.4 Å². The highest BCUT2D eigenvalue weighted by Gasteiger charge is 2.24. The number of halogens is 3. The third-order valence-electron chi connectivity index (χ3n) is 3.61. The quantitative estimate of drug-likeness (QED) is 0.775. The molecule has 2 aromatic carbocycles. The van der Waals surface area contributed by atoms with E-state index in [4.69, 9.17) is 23.2 Å². The average Bonchev–Trinajstić information content (AvgIpc) is 2.54. The first kappa shape index (κ1) is 20.5. The SMILES string of the molecule is CC(NC(=O)CN(c1cc(Cl)ccc1Cl)S(C)(=O)=O)c1ccc(F)cc1. The van der Waals surface area contributed by atoms with Crippen LogP contribution in [-0.2, 0) is 14.8 Å². The second-order valence-corrected chi connectivity index (χ2v) is 8.46. The van der Waals surface area contributed by atoms with E-state index < -0.39 is 28.5 Å². The third kappa shape index (κ3) is 5.33. The summed E-state index contributed by atoms with van der Waals surface area (Å²) < 4.78 is 38.1. The van der Waals surface area contributed by atoms with E-state index in [0.717, 1.165) is 10.6 Å². The minimum Gasteiger partial charge on any atom is -0.348 e. The first-order valence-corrected chi connectivity index (χ1v) is 10.2. The fourth-order valence-electron chi connectivity index (χ4n) is 2.31. The van der Waals surface area contributed by atoms with Gasteiger partial charge in [-0.2, -0.15) is 0 Å². The van der Waals surface area contributed by atoms with Gasteiger partial charge in [0.05, 0.1) is 23.0 Å². The summed E-state index contributed by atoms with van der Waals surface area (Å²) in [4.78, 5) is 12.4. The molecule has 0 heterocycles. The number of carbonyl (C=O) groups excluding carboxylic acids is 1. The van der Waals surface area contributed by atoms with Gasteiger partial charge in [0, 0.05) is 5.02 Å². The Labute approximate surface area is 161 Å². The number of nitrogens with zero attached hydrogens (tertiary/aromatic N) is 1. The molecule has 0 fully saturated rings. The lowest BCUT2D eigenvalue weighted by Gasteiger charge is -2.24. The molecular weight excluding hydrogens is 402 g/mol. The first-order valence-electron chi connectivity index (χ1n) is 7.55. The molecule has 26 heavy (non-hydrogen) atoms. The van der Waals surface area contributed by atoms with Crippen molar-refractivity contribution in [1.29, 1.82) is 0 Å². The number of sulfonamides is 1. The molecule has 0 aliphatic carbocycles. The van der Waals surface area contributed by atoms with E-state index in [-0.39, 0.29) is 21.5 Å². The van der Waals surface area contributed by atoms with E-state index in [1.54, 1.807) is 19.1 Å². The summed E-state index contributed by atoms with van der Waals surface area (Å²) in [6, 6.07) is 9.58. The van der Waals surface area contributed by atoms with Crippen LogP contribution in [0.2, 0.25) is 10.0 Å². The van der Waals surface area contributed by atoms with Crippen LogP contribution < -0.4 is 9.62 Å². The number of carbonyl (C=O) groups is 1. The standard InChI is InChI=1S/C17H17Cl2FN2O3S/c1-11(12-3-6-14(20)7-4-12)21-17(23)10-22(26(2,24)25)16-9-13(18)5-8-15(16)19/h3-9,11H,10H2,1-2H3,(H,21,23). The number of hydrogen-bond acceptors (Lipinski definition) is 3. The number of rotatable bonds is 6. The predicted octanol–water partition coefficient (Wildman–Crippen LogP) is 3.78. The largest absolute Gasteiger partial charge is 0.348 e. The van der Waals surface area contributed by atoms with Crippen molar-refractivity contribution in [2.24, 2.45) is 0 Å². The minimum atomic E-state index is -3.78. The van der Waals surface area contributed by atoms with Gasteiger partial charge < -0.3 is 5.32 Å². The van der Waals surface area contributed by atoms with Crippen LogP contribution in [0.5, 0.6) is 0 Å². The van der Waals surface area contributed by atoms with E-state index in [1.807, 2.05) is 0 Å². The Bertz CT molecular complexity index is 905. The van der Waals surface area contributed by atoms with Crippen molar-refractivity contribution in [3.63, 3.8) is 0 Å². The van der Waals surface area contributed by atoms with Crippen LogP contribution in [-0.4, -0.2) is 27.1 Å². The van der Waals surface area contributed by atoms with Crippen LogP contribution >= 0.6 is 23.2 Å². The highest BCUT2D eigenvalue weighted by atomic mass is 35.5. The van der Waals surface area contributed by atoms with Crippen LogP contribution in [0, 0.1) is 5.82 Å². The van der Waals surface area contributed by atoms with E-state index in [2.05, 4.69) is 5.32 Å². The molecule has 1 N–H and O–H groups in total. The fraction of sp³-hybridized carbons (Fsp3) is 0.235. The average molecular weight is 419 g/mol. The van der Waals surface area contributed by atoms with Gasteiger partial charge in [0.2, 0.25) is 15.9 Å². The summed E-state index contributed by atoms with van der Waals surface area (Å²) in [6.45, 7) is 1.24. The maximum atomic E-state index is 13.0. The van der Waals surface area contributed by atoms with Crippen LogP contribution in [0.4, 0.5) is 10.1 Å². The normalized spacial score (nSPS) is 12.5. The summed E-state index contributed by atoms with van der Waals surface area (Å²) in [5.41, 5.74) is 0.803. The van der Waals surface area contributed by atoms with Crippen molar-refractivity contribution in [2.45, 2.75) is 13.0 Å². The second kappa shape index (κ2) is 8.24. The molecule has 2 aromatic rings. The summed E-state index contributed by atoms with van der Waals surface area (Å²) >= 11 is 12.0. The molecule has 0 spiro atoms. The number of benzene rings is 2. The highest BCUT2D eigenvalue weighted by molar-refractivity contribution is 7.92. The van der Waals surface area contributed by atoms with Gasteiger partial charge in [-0.15, -0.1) is 0 Å². The van der Waals surface area contributed by atoms with E-state index >= 15 is 0 Å². The summed E-state index contributed by atoms with van der Waals surface area (Å²) in [7, 11) is -3.78. The Morgan fingerprint density at radius 3 is 2.38 bits per heavy atom. The lowest BCUT2D eigenvalue weighted by atomic mass is 10.1. The summed E-state index contributed by atoms with van der Waals surface area (Å²) in [5.74, 6) is -0.922. The van der Waals surface area contributed by atoms with Gasteiger partial charge in [0.25, 0.3) is 0 Å². The molecule has 1 atom stereocenters. The monoisotopic (exact) mass is 418 g/mol. The Kier molecular flexibility index (Phi) is 6.49. The van der Waals surface area contributed by atoms with Gasteiger partial charge in [-0.1, -0.05) is 35.3 Å². The van der Waals surface area contributed by atoms with Crippen LogP contribution in [0.25, 0.3) is 0 Å². The van der Waals surface area contributed by atoms with Gasteiger partial charge in [-0.05, 0) is 42.8 Å². The molecule has 0 aromatic heterocycles. The molecule has 1 unspecified atom stereocenters. The van der Waals surface area contributed by atoms with Crippen LogP contribution in [0.15, 0.2) is 42.5 Å². The number of amides is 1. The van der Waals surface area contributed by atoms with Crippen molar-refractivity contribution in [3.8, 4) is 0 Å². The lowest BCUT2D eigenvalue weighted by Crippen LogP contribution is -2.41. The Hall–Kier alpha value is -1.83. The van der Waals surface area contributed by atoms with Crippen LogP contribution in [0.3, 0.4) is 0 Å². The molecule has 5 nitrogen and oxygen atoms in total. The van der Waals surface area contributed by atoms with Gasteiger partial charge in [-0.25, -0.2) is 12.8 Å². The molecule has 140 valence electrons. The Balaban J connectivity index is 2.19. The smallest absolute Gasteiger partial charge is 0.241 e. The maximum absolute atomic E-state index is 13.0. The number of anilines is 1. The molecule has 0 bridgehead atoms. The summed E-state index contributed by atoms with van der Waals surface area (Å²) in [6.07, 6.45) is 0.973. The van der Waals surface area contributed by atoms with Crippen LogP contribution in [0.1, 0.15) is 18.5 Å². The molecule has 1 amide bonds. The van der Waals surface area contributed by atoms with Crippen molar-refractivity contribution in [3.05, 3.63) is 63.9 Å². The highest BCUT2D eigenvalue weighted by Crippen LogP contribution is 2.30. The van der Waals surface area contributed by atoms with Crippen molar-refractivity contribution in [1.82, 2.24) is 5.32 Å². The molecule has 2 rings (SSSR count). The molecule has 0 saturated carbocycles. The molecule has 0 radical (unpaired) electrons. The van der Waals surface area contributed by atoms with Gasteiger partial charge in [0.15, 0.2) is 0 Å². The predicted molar refractivity (Wildman–Crippen MR) is 102 cm³/mol. The van der Waals surface area contributed by atoms with E-state index in [1.165, 1.54) is 30.3 Å². The maximum Gasteiger partial charge on any atom is 0.241 e. The molecule has 0 aliphatic heterocycles. The second-order valence-electron chi connectivity index (χ2n) is 5.71. The Morgan fingerprint density at radius 2 is 1.81 bits per heavy atom. The first-order chi connectivity index (χ1) is 12.1. The number of hydrogen-bond donors (Lipinski definition) is 1. The van der Waals surface area contributed by atoms with Gasteiger partial charge in [-0.3, -0.25) is 9.10 Å². The Morgan fingerprint density at radius 1 is 1.19 bits per heavy atom. The van der Waals surface area contributed by atoms with Crippen molar-refractivity contribution in [2.75, 3.05) is 17.1 Å². The van der Waals surface area contributed by atoms with Gasteiger partial charge >= 0.3 is 0 Å². The topological polar surface area (TPSA) is 66.5 Å². The number of nitrogens with one attached hydrogen (secondary N) is 1. The van der Waals surface area contributed by atoms with Crippen molar-refractivity contribution < 1.29 is 17.6 Å². The minimum absolute atomic E-state index is 0.117. The van der Waals surface area contributed by atoms with E-state index in [0.29, 0.717) is 5.56 Å². The molecular formula is C17H17Cl2FN2O3S. The fourth-order valence-corrected chi connectivity index (χ4v) is 3.61. The molecule has 0 aliphatic rings. The molecule has 0 saturated heterocycles.